The highest BCUT2D eigenvalue weighted by Crippen LogP contribution is 2.17. The number of aromatic nitrogens is 3. The van der Waals surface area contributed by atoms with Gasteiger partial charge < -0.3 is 10.6 Å². The number of hydrogen-bond donors (Lipinski definition) is 2. The van der Waals surface area contributed by atoms with Crippen LogP contribution in [0.2, 0.25) is 0 Å². The van der Waals surface area contributed by atoms with E-state index in [1.165, 1.54) is 0 Å². The highest BCUT2D eigenvalue weighted by Gasteiger charge is 2.24. The molecule has 2 atom stereocenters. The fraction of sp³-hybridized carbons (Fsp3) is 0.385. The van der Waals surface area contributed by atoms with Gasteiger partial charge in [-0.1, -0.05) is 0 Å². The number of rotatable bonds is 3. The first-order chi connectivity index (χ1) is 9.33. The summed E-state index contributed by atoms with van der Waals surface area (Å²) >= 11 is 0. The maximum Gasteiger partial charge on any atom is 0.132 e. The number of alkyl halides is 1. The molecule has 6 heteroatoms. The van der Waals surface area contributed by atoms with Crippen LogP contribution in [0.15, 0.2) is 36.9 Å². The number of piperidine rings is 1. The standard InChI is InChI=1S/C13H16FN5/c14-12-9-15-4-2-13(12)18-10-6-11(8-16-7-10)19-5-1-3-17-19/h1,3,5-8,12-13,15,18H,2,4,9H2/t12-,13?/m1/s1. The molecule has 0 bridgehead atoms. The highest BCUT2D eigenvalue weighted by atomic mass is 19.1. The van der Waals surface area contributed by atoms with Gasteiger partial charge >= 0.3 is 0 Å². The zero-order valence-corrected chi connectivity index (χ0v) is 10.5. The summed E-state index contributed by atoms with van der Waals surface area (Å²) in [6.07, 6.45) is 6.90. The molecule has 19 heavy (non-hydrogen) atoms. The lowest BCUT2D eigenvalue weighted by atomic mass is 10.0. The van der Waals surface area contributed by atoms with Gasteiger partial charge in [0.25, 0.3) is 0 Å². The molecular formula is C13H16FN5. The second-order valence-electron chi connectivity index (χ2n) is 4.64. The summed E-state index contributed by atoms with van der Waals surface area (Å²) in [6.45, 7) is 1.24. The third kappa shape index (κ3) is 2.73. The Bertz CT molecular complexity index is 528. The normalized spacial score (nSPS) is 23.2. The van der Waals surface area contributed by atoms with Gasteiger partial charge in [0.1, 0.15) is 6.17 Å². The van der Waals surface area contributed by atoms with Crippen molar-refractivity contribution in [3.05, 3.63) is 36.9 Å². The van der Waals surface area contributed by atoms with E-state index in [0.29, 0.717) is 6.54 Å². The van der Waals surface area contributed by atoms with Crippen molar-refractivity contribution in [2.24, 2.45) is 0 Å². The van der Waals surface area contributed by atoms with Gasteiger partial charge in [-0.3, -0.25) is 4.98 Å². The van der Waals surface area contributed by atoms with Crippen LogP contribution in [0.4, 0.5) is 10.1 Å². The molecule has 100 valence electrons. The first-order valence-corrected chi connectivity index (χ1v) is 6.39. The largest absolute Gasteiger partial charge is 0.378 e. The van der Waals surface area contributed by atoms with Crippen LogP contribution in [0.1, 0.15) is 6.42 Å². The van der Waals surface area contributed by atoms with Crippen LogP contribution in [0.5, 0.6) is 0 Å². The molecule has 0 aliphatic carbocycles. The number of pyridine rings is 1. The lowest BCUT2D eigenvalue weighted by Gasteiger charge is -2.28. The molecule has 0 spiro atoms. The van der Waals surface area contributed by atoms with Gasteiger partial charge in [-0.2, -0.15) is 5.10 Å². The Labute approximate surface area is 110 Å². The summed E-state index contributed by atoms with van der Waals surface area (Å²) in [7, 11) is 0. The Kier molecular flexibility index (Phi) is 3.41. The van der Waals surface area contributed by atoms with Crippen LogP contribution in [0, 0.1) is 0 Å². The summed E-state index contributed by atoms with van der Waals surface area (Å²) in [5.41, 5.74) is 1.68. The van der Waals surface area contributed by atoms with Crippen LogP contribution < -0.4 is 10.6 Å². The van der Waals surface area contributed by atoms with Gasteiger partial charge in [-0.15, -0.1) is 0 Å². The van der Waals surface area contributed by atoms with Gasteiger partial charge in [0.15, 0.2) is 0 Å². The van der Waals surface area contributed by atoms with Crippen molar-refractivity contribution < 1.29 is 4.39 Å². The summed E-state index contributed by atoms with van der Waals surface area (Å²) < 4.78 is 15.5. The molecule has 5 nitrogen and oxygen atoms in total. The Morgan fingerprint density at radius 1 is 1.42 bits per heavy atom. The van der Waals surface area contributed by atoms with Gasteiger partial charge in [-0.25, -0.2) is 9.07 Å². The third-order valence-electron chi connectivity index (χ3n) is 3.25. The Balaban J connectivity index is 1.76. The fourth-order valence-corrected chi connectivity index (χ4v) is 2.25. The molecule has 1 fully saturated rings. The van der Waals surface area contributed by atoms with Crippen LogP contribution in [-0.2, 0) is 0 Å². The van der Waals surface area contributed by atoms with E-state index < -0.39 is 6.17 Å². The van der Waals surface area contributed by atoms with Crippen LogP contribution in [0.3, 0.4) is 0 Å². The lowest BCUT2D eigenvalue weighted by molar-refractivity contribution is 0.245. The van der Waals surface area contributed by atoms with Crippen molar-refractivity contribution in [2.75, 3.05) is 18.4 Å². The van der Waals surface area contributed by atoms with E-state index in [2.05, 4.69) is 20.7 Å². The molecule has 0 saturated carbocycles. The van der Waals surface area contributed by atoms with E-state index in [9.17, 15) is 4.39 Å². The average molecular weight is 261 g/mol. The molecule has 1 saturated heterocycles. The van der Waals surface area contributed by atoms with E-state index in [4.69, 9.17) is 0 Å². The lowest BCUT2D eigenvalue weighted by Crippen LogP contribution is -2.45. The van der Waals surface area contributed by atoms with Gasteiger partial charge in [0.05, 0.1) is 29.8 Å². The number of hydrogen-bond acceptors (Lipinski definition) is 4. The summed E-state index contributed by atoms with van der Waals surface area (Å²) in [6, 6.07) is 3.62. The van der Waals surface area contributed by atoms with E-state index in [1.807, 2.05) is 18.3 Å². The predicted molar refractivity (Wildman–Crippen MR) is 71.2 cm³/mol. The quantitative estimate of drug-likeness (QED) is 0.876. The monoisotopic (exact) mass is 261 g/mol. The van der Waals surface area contributed by atoms with Crippen LogP contribution in [-0.4, -0.2) is 40.1 Å². The van der Waals surface area contributed by atoms with Crippen molar-refractivity contribution in [3.63, 3.8) is 0 Å². The smallest absolute Gasteiger partial charge is 0.132 e. The Morgan fingerprint density at radius 3 is 3.16 bits per heavy atom. The van der Waals surface area contributed by atoms with Crippen molar-refractivity contribution in [1.82, 2.24) is 20.1 Å². The minimum absolute atomic E-state index is 0.157. The second kappa shape index (κ2) is 5.36. The fourth-order valence-electron chi connectivity index (χ4n) is 2.25. The van der Waals surface area contributed by atoms with Crippen molar-refractivity contribution >= 4 is 5.69 Å². The van der Waals surface area contributed by atoms with E-state index in [0.717, 1.165) is 24.3 Å². The Morgan fingerprint density at radius 2 is 2.37 bits per heavy atom. The topological polar surface area (TPSA) is 54.8 Å². The van der Waals surface area contributed by atoms with E-state index in [-0.39, 0.29) is 6.04 Å². The SMILES string of the molecule is F[C@@H]1CNCCC1Nc1cncc(-n2cccn2)c1. The molecule has 3 rings (SSSR count). The number of nitrogens with one attached hydrogen (secondary N) is 2. The van der Waals surface area contributed by atoms with Crippen molar-refractivity contribution in [1.29, 1.82) is 0 Å². The maximum absolute atomic E-state index is 13.7. The zero-order chi connectivity index (χ0) is 13.1. The van der Waals surface area contributed by atoms with Gasteiger partial charge in [0, 0.05) is 18.9 Å². The average Bonchev–Trinajstić information content (AvgIpc) is 2.96. The van der Waals surface area contributed by atoms with Gasteiger partial charge in [0.2, 0.25) is 0 Å². The minimum Gasteiger partial charge on any atom is -0.378 e. The summed E-state index contributed by atoms with van der Waals surface area (Å²) in [5.74, 6) is 0. The molecule has 0 radical (unpaired) electrons. The zero-order valence-electron chi connectivity index (χ0n) is 10.5. The van der Waals surface area contributed by atoms with Crippen molar-refractivity contribution in [3.8, 4) is 5.69 Å². The molecule has 3 heterocycles. The number of anilines is 1. The van der Waals surface area contributed by atoms with Crippen LogP contribution >= 0.6 is 0 Å². The Hall–Kier alpha value is -1.95. The maximum atomic E-state index is 13.7. The third-order valence-corrected chi connectivity index (χ3v) is 3.25. The van der Waals surface area contributed by atoms with E-state index in [1.54, 1.807) is 23.3 Å². The molecule has 2 aromatic rings. The molecule has 0 amide bonds. The van der Waals surface area contributed by atoms with E-state index >= 15 is 0 Å². The molecule has 1 aliphatic rings. The molecule has 2 aromatic heterocycles. The molecule has 2 N–H and O–H groups in total. The van der Waals surface area contributed by atoms with Crippen molar-refractivity contribution in [2.45, 2.75) is 18.6 Å². The number of nitrogens with zero attached hydrogens (tertiary/aromatic N) is 3. The first kappa shape index (κ1) is 12.1. The summed E-state index contributed by atoms with van der Waals surface area (Å²) in [4.78, 5) is 4.17. The molecule has 1 aliphatic heterocycles. The first-order valence-electron chi connectivity index (χ1n) is 6.39. The molecule has 0 aromatic carbocycles. The molecule has 1 unspecified atom stereocenters. The predicted octanol–water partition coefficient (Wildman–Crippen LogP) is 1.38. The number of halogens is 1. The second-order valence-corrected chi connectivity index (χ2v) is 4.64. The summed E-state index contributed by atoms with van der Waals surface area (Å²) in [5, 5.41) is 10.4. The molecular weight excluding hydrogens is 245 g/mol. The minimum atomic E-state index is -0.873. The highest BCUT2D eigenvalue weighted by molar-refractivity contribution is 5.48. The van der Waals surface area contributed by atoms with Gasteiger partial charge in [-0.05, 0) is 25.1 Å². The van der Waals surface area contributed by atoms with Crippen LogP contribution in [0.25, 0.3) is 5.69 Å².